The number of benzene rings is 3. The van der Waals surface area contributed by atoms with Gasteiger partial charge in [-0.05, 0) is 42.3 Å². The van der Waals surface area contributed by atoms with Gasteiger partial charge in [-0.25, -0.2) is 8.42 Å². The molecule has 1 aromatic heterocycles. The van der Waals surface area contributed by atoms with E-state index in [2.05, 4.69) is 15.0 Å². The maximum atomic E-state index is 13.3. The lowest BCUT2D eigenvalue weighted by Gasteiger charge is -2.19. The highest BCUT2D eigenvalue weighted by Crippen LogP contribution is 2.28. The summed E-state index contributed by atoms with van der Waals surface area (Å²) in [7, 11) is -2.55. The molecule has 0 saturated heterocycles. The van der Waals surface area contributed by atoms with Crippen molar-refractivity contribution in [2.75, 3.05) is 11.8 Å². The topological polar surface area (TPSA) is 97.4 Å². The highest BCUT2D eigenvalue weighted by Gasteiger charge is 2.23. The molecule has 0 bridgehead atoms. The van der Waals surface area contributed by atoms with Crippen molar-refractivity contribution >= 4 is 32.5 Å². The normalized spacial score (nSPS) is 12.2. The molecule has 2 N–H and O–H groups in total. The Morgan fingerprint density at radius 1 is 1.03 bits per heavy atom. The number of sulfonamides is 1. The van der Waals surface area contributed by atoms with Crippen molar-refractivity contribution in [3.63, 3.8) is 0 Å². The quantitative estimate of drug-likeness (QED) is 0.365. The first-order chi connectivity index (χ1) is 16.4. The van der Waals surface area contributed by atoms with Gasteiger partial charge in [-0.2, -0.15) is 0 Å². The molecule has 0 saturated carbocycles. The summed E-state index contributed by atoms with van der Waals surface area (Å²) >= 11 is 0. The minimum absolute atomic E-state index is 0. The number of pyridine rings is 1. The van der Waals surface area contributed by atoms with Crippen molar-refractivity contribution in [2.45, 2.75) is 24.3 Å². The van der Waals surface area contributed by atoms with E-state index in [1.165, 1.54) is 25.3 Å². The summed E-state index contributed by atoms with van der Waals surface area (Å²) in [6, 6.07) is 22.5. The lowest BCUT2D eigenvalue weighted by Crippen LogP contribution is -2.29. The number of hydrogen-bond acceptors (Lipinski definition) is 5. The number of ether oxygens (including phenoxy) is 1. The van der Waals surface area contributed by atoms with Crippen LogP contribution < -0.4 is 14.8 Å². The molecular formula is C26H27N3O4S. The second-order valence-electron chi connectivity index (χ2n) is 7.69. The summed E-state index contributed by atoms with van der Waals surface area (Å²) in [6.07, 6.45) is 2.21. The number of amides is 1. The van der Waals surface area contributed by atoms with Crippen molar-refractivity contribution < 1.29 is 19.4 Å². The number of nitrogens with one attached hydrogen (secondary N) is 2. The third-order valence-corrected chi connectivity index (χ3v) is 6.91. The summed E-state index contributed by atoms with van der Waals surface area (Å²) in [5, 5.41) is 3.71. The number of carbonyl (C=O) groups excluding carboxylic acids is 1. The van der Waals surface area contributed by atoms with Crippen LogP contribution in [0.3, 0.4) is 0 Å². The van der Waals surface area contributed by atoms with E-state index >= 15 is 0 Å². The lowest BCUT2D eigenvalue weighted by atomic mass is 10.0. The molecule has 0 aliphatic carbocycles. The second kappa shape index (κ2) is 9.93. The van der Waals surface area contributed by atoms with Crippen LogP contribution in [0.5, 0.6) is 5.75 Å². The van der Waals surface area contributed by atoms with Gasteiger partial charge >= 0.3 is 0 Å². The smallest absolute Gasteiger partial charge is 0.264 e. The van der Waals surface area contributed by atoms with E-state index in [1.54, 1.807) is 36.5 Å². The van der Waals surface area contributed by atoms with Crippen LogP contribution in [0.15, 0.2) is 90.0 Å². The van der Waals surface area contributed by atoms with Gasteiger partial charge in [0.1, 0.15) is 10.6 Å². The summed E-state index contributed by atoms with van der Waals surface area (Å²) < 4.78 is 34.5. The van der Waals surface area contributed by atoms with E-state index in [0.717, 1.165) is 5.56 Å². The van der Waals surface area contributed by atoms with E-state index in [-0.39, 0.29) is 23.6 Å². The predicted octanol–water partition coefficient (Wildman–Crippen LogP) is 5.17. The Hall–Kier alpha value is -3.91. The first kappa shape index (κ1) is 23.3. The molecule has 0 spiro atoms. The number of hydrogen-bond donors (Lipinski definition) is 2. The van der Waals surface area contributed by atoms with Crippen LogP contribution in [0.4, 0.5) is 5.69 Å². The van der Waals surface area contributed by atoms with E-state index in [0.29, 0.717) is 23.1 Å². The minimum Gasteiger partial charge on any atom is -0.497 e. The zero-order valence-electron chi connectivity index (χ0n) is 18.9. The van der Waals surface area contributed by atoms with Crippen LogP contribution in [0.25, 0.3) is 10.9 Å². The number of para-hydroxylation sites is 1. The molecule has 1 amide bonds. The van der Waals surface area contributed by atoms with Gasteiger partial charge in [0, 0.05) is 13.0 Å². The van der Waals surface area contributed by atoms with Crippen molar-refractivity contribution in [3.8, 4) is 5.75 Å². The zero-order valence-corrected chi connectivity index (χ0v) is 19.7. The first-order valence-electron chi connectivity index (χ1n) is 10.8. The monoisotopic (exact) mass is 477 g/mol. The van der Waals surface area contributed by atoms with Crippen molar-refractivity contribution in [2.24, 2.45) is 0 Å². The second-order valence-corrected chi connectivity index (χ2v) is 9.34. The molecular weight excluding hydrogens is 450 g/mol. The molecule has 0 aliphatic heterocycles. The van der Waals surface area contributed by atoms with Crippen LogP contribution in [-0.2, 0) is 10.0 Å². The molecule has 0 aliphatic rings. The van der Waals surface area contributed by atoms with E-state index in [1.807, 2.05) is 37.3 Å². The van der Waals surface area contributed by atoms with Gasteiger partial charge in [-0.15, -0.1) is 0 Å². The number of anilines is 1. The fourth-order valence-electron chi connectivity index (χ4n) is 3.76. The van der Waals surface area contributed by atoms with Crippen LogP contribution in [0, 0.1) is 0 Å². The molecule has 176 valence electrons. The summed E-state index contributed by atoms with van der Waals surface area (Å²) in [4.78, 5) is 17.6. The van der Waals surface area contributed by atoms with Crippen LogP contribution in [-0.4, -0.2) is 26.4 Å². The molecule has 34 heavy (non-hydrogen) atoms. The summed E-state index contributed by atoms with van der Waals surface area (Å²) in [6.45, 7) is 1.97. The third kappa shape index (κ3) is 4.87. The van der Waals surface area contributed by atoms with E-state index in [9.17, 15) is 13.2 Å². The SMILES string of the molecule is CC[C@H](NC(=O)c1cc(OC)ccc1NS(=O)(=O)c1cccc2cccnc12)c1ccccc1.[HH]. The molecule has 0 radical (unpaired) electrons. The van der Waals surface area contributed by atoms with E-state index in [4.69, 9.17) is 4.74 Å². The van der Waals surface area contributed by atoms with Crippen LogP contribution in [0.1, 0.15) is 36.7 Å². The summed E-state index contributed by atoms with van der Waals surface area (Å²) in [5.41, 5.74) is 1.62. The Labute approximate surface area is 200 Å². The predicted molar refractivity (Wildman–Crippen MR) is 135 cm³/mol. The Balaban J connectivity index is 0.00000342. The number of rotatable bonds is 8. The highest BCUT2D eigenvalue weighted by molar-refractivity contribution is 7.93. The first-order valence-corrected chi connectivity index (χ1v) is 12.3. The molecule has 1 heterocycles. The number of aromatic nitrogens is 1. The van der Waals surface area contributed by atoms with Gasteiger partial charge in [0.15, 0.2) is 0 Å². The van der Waals surface area contributed by atoms with Gasteiger partial charge in [-0.3, -0.25) is 14.5 Å². The maximum absolute atomic E-state index is 13.3. The maximum Gasteiger partial charge on any atom is 0.264 e. The zero-order chi connectivity index (χ0) is 24.1. The third-order valence-electron chi connectivity index (χ3n) is 5.52. The van der Waals surface area contributed by atoms with Gasteiger partial charge in [0.2, 0.25) is 0 Å². The number of nitrogens with zero attached hydrogens (tertiary/aromatic N) is 1. The standard InChI is InChI=1S/C26H25N3O4S.H2/c1-3-22(18-9-5-4-6-10-18)28-26(30)21-17-20(33-2)14-15-23(21)29-34(31,32)24-13-7-11-19-12-8-16-27-25(19)24;/h4-17,22,29H,3H2,1-2H3,(H,28,30);1H/t22-;/m0./s1. The number of fused-ring (bicyclic) bond motifs is 1. The van der Waals surface area contributed by atoms with Crippen molar-refractivity contribution in [1.82, 2.24) is 10.3 Å². The summed E-state index contributed by atoms with van der Waals surface area (Å²) in [5.74, 6) is 0.0241. The fraction of sp³-hybridized carbons (Fsp3) is 0.154. The Bertz CT molecular complexity index is 1420. The van der Waals surface area contributed by atoms with Crippen molar-refractivity contribution in [3.05, 3.63) is 96.2 Å². The Kier molecular flexibility index (Phi) is 6.79. The minimum atomic E-state index is -4.04. The number of carbonyl (C=O) groups is 1. The molecule has 3 aromatic carbocycles. The molecule has 4 rings (SSSR count). The van der Waals surface area contributed by atoms with Gasteiger partial charge in [0.25, 0.3) is 15.9 Å². The molecule has 0 fully saturated rings. The van der Waals surface area contributed by atoms with Crippen LogP contribution in [0.2, 0.25) is 0 Å². The van der Waals surface area contributed by atoms with Crippen molar-refractivity contribution in [1.29, 1.82) is 0 Å². The van der Waals surface area contributed by atoms with Gasteiger partial charge in [-0.1, -0.05) is 55.5 Å². The highest BCUT2D eigenvalue weighted by atomic mass is 32.2. The molecule has 8 heteroatoms. The van der Waals surface area contributed by atoms with Gasteiger partial charge in [0.05, 0.1) is 29.9 Å². The lowest BCUT2D eigenvalue weighted by molar-refractivity contribution is 0.0936. The van der Waals surface area contributed by atoms with E-state index < -0.39 is 15.9 Å². The van der Waals surface area contributed by atoms with Crippen LogP contribution >= 0.6 is 0 Å². The Morgan fingerprint density at radius 3 is 2.53 bits per heavy atom. The Morgan fingerprint density at radius 2 is 1.79 bits per heavy atom. The average Bonchev–Trinajstić information content (AvgIpc) is 2.87. The average molecular weight is 478 g/mol. The molecule has 1 atom stereocenters. The molecule has 4 aromatic rings. The largest absolute Gasteiger partial charge is 0.497 e. The fourth-order valence-corrected chi connectivity index (χ4v) is 5.02. The molecule has 0 unspecified atom stereocenters. The molecule has 7 nitrogen and oxygen atoms in total. The number of methoxy groups -OCH3 is 1. The van der Waals surface area contributed by atoms with Gasteiger partial charge < -0.3 is 10.1 Å².